The molecule has 0 atom stereocenters. The summed E-state index contributed by atoms with van der Waals surface area (Å²) in [6.07, 6.45) is 3.22. The molecule has 13 heavy (non-hydrogen) atoms. The monoisotopic (exact) mass is 220 g/mol. The largest absolute Gasteiger partial charge is 0.363 e. The maximum absolute atomic E-state index is 5.10. The van der Waals surface area contributed by atoms with Gasteiger partial charge in [0.15, 0.2) is 5.11 Å². The summed E-state index contributed by atoms with van der Waals surface area (Å²) in [5.74, 6) is 0. The maximum Gasteiger partial charge on any atom is 0.166 e. The molecule has 0 aromatic heterocycles. The third-order valence-electron chi connectivity index (χ3n) is 1.76. The van der Waals surface area contributed by atoms with E-state index in [2.05, 4.69) is 37.7 Å². The second kappa shape index (κ2) is 6.49. The molecule has 0 amide bonds. The Labute approximate surface area is 91.2 Å². The molecule has 0 aliphatic rings. The summed E-state index contributed by atoms with van der Waals surface area (Å²) < 4.78 is 0.248. The first kappa shape index (κ1) is 13.0. The van der Waals surface area contributed by atoms with Gasteiger partial charge in [-0.1, -0.05) is 6.92 Å². The van der Waals surface area contributed by atoms with Crippen LogP contribution in [0.2, 0.25) is 0 Å². The molecule has 0 radical (unpaired) electrons. The maximum atomic E-state index is 5.10. The fourth-order valence-corrected chi connectivity index (χ4v) is 1.06. The van der Waals surface area contributed by atoms with Gasteiger partial charge in [-0.25, -0.2) is 0 Å². The van der Waals surface area contributed by atoms with Crippen molar-refractivity contribution in [2.45, 2.75) is 31.9 Å². The SMILES string of the molecule is CCCNC(=S)NCC(C)(C)SC. The minimum atomic E-state index is 0.248. The van der Waals surface area contributed by atoms with Crippen LogP contribution < -0.4 is 10.6 Å². The molecule has 0 aliphatic heterocycles. The Balaban J connectivity index is 3.57. The average Bonchev–Trinajstić information content (AvgIpc) is 2.11. The predicted molar refractivity (Wildman–Crippen MR) is 66.5 cm³/mol. The topological polar surface area (TPSA) is 24.1 Å². The second-order valence-electron chi connectivity index (χ2n) is 3.57. The van der Waals surface area contributed by atoms with Crippen molar-refractivity contribution in [3.63, 3.8) is 0 Å². The number of rotatable bonds is 5. The summed E-state index contributed by atoms with van der Waals surface area (Å²) >= 11 is 6.95. The third kappa shape index (κ3) is 7.14. The van der Waals surface area contributed by atoms with Gasteiger partial charge in [-0.2, -0.15) is 11.8 Å². The van der Waals surface area contributed by atoms with Crippen LogP contribution in [-0.2, 0) is 0 Å². The molecule has 0 fully saturated rings. The highest BCUT2D eigenvalue weighted by Crippen LogP contribution is 2.19. The summed E-state index contributed by atoms with van der Waals surface area (Å²) in [5.41, 5.74) is 0. The van der Waals surface area contributed by atoms with Crippen LogP contribution in [0, 0.1) is 0 Å². The Bertz CT molecular complexity index is 158. The van der Waals surface area contributed by atoms with Crippen molar-refractivity contribution in [2.75, 3.05) is 19.3 Å². The van der Waals surface area contributed by atoms with Gasteiger partial charge >= 0.3 is 0 Å². The standard InChI is InChI=1S/C9H20N2S2/c1-5-6-10-8(12)11-7-9(2,3)13-4/h5-7H2,1-4H3,(H2,10,11,12). The summed E-state index contributed by atoms with van der Waals surface area (Å²) in [6, 6.07) is 0. The molecule has 0 saturated heterocycles. The van der Waals surface area contributed by atoms with E-state index in [1.54, 1.807) is 0 Å². The normalized spacial score (nSPS) is 11.1. The van der Waals surface area contributed by atoms with Crippen LogP contribution in [0.15, 0.2) is 0 Å². The summed E-state index contributed by atoms with van der Waals surface area (Å²) in [4.78, 5) is 0. The van der Waals surface area contributed by atoms with E-state index in [0.717, 1.165) is 24.6 Å². The highest BCUT2D eigenvalue weighted by atomic mass is 32.2. The first-order chi connectivity index (χ1) is 6.02. The van der Waals surface area contributed by atoms with E-state index >= 15 is 0 Å². The lowest BCUT2D eigenvalue weighted by atomic mass is 10.2. The van der Waals surface area contributed by atoms with Crippen LogP contribution >= 0.6 is 24.0 Å². The van der Waals surface area contributed by atoms with Gasteiger partial charge in [0.1, 0.15) is 0 Å². The zero-order valence-electron chi connectivity index (χ0n) is 8.94. The van der Waals surface area contributed by atoms with Crippen LogP contribution in [0.3, 0.4) is 0 Å². The fourth-order valence-electron chi connectivity index (χ4n) is 0.666. The van der Waals surface area contributed by atoms with E-state index in [0.29, 0.717) is 0 Å². The van der Waals surface area contributed by atoms with E-state index in [4.69, 9.17) is 12.2 Å². The molecule has 0 rings (SSSR count). The lowest BCUT2D eigenvalue weighted by Gasteiger charge is -2.23. The predicted octanol–water partition coefficient (Wildman–Crippen LogP) is 2.00. The molecule has 2 N–H and O–H groups in total. The van der Waals surface area contributed by atoms with Gasteiger partial charge in [0, 0.05) is 17.8 Å². The summed E-state index contributed by atoms with van der Waals surface area (Å²) in [6.45, 7) is 8.39. The van der Waals surface area contributed by atoms with Gasteiger partial charge in [-0.05, 0) is 38.7 Å². The number of hydrogen-bond donors (Lipinski definition) is 2. The molecule has 0 aromatic rings. The zero-order valence-corrected chi connectivity index (χ0v) is 10.6. The van der Waals surface area contributed by atoms with Crippen molar-refractivity contribution in [3.05, 3.63) is 0 Å². The van der Waals surface area contributed by atoms with E-state index in [-0.39, 0.29) is 4.75 Å². The van der Waals surface area contributed by atoms with Crippen LogP contribution in [-0.4, -0.2) is 29.2 Å². The highest BCUT2D eigenvalue weighted by molar-refractivity contribution is 7.99. The molecular formula is C9H20N2S2. The molecule has 0 heterocycles. The number of thiocarbonyl (C=S) groups is 1. The Kier molecular flexibility index (Phi) is 6.51. The summed E-state index contributed by atoms with van der Waals surface area (Å²) in [7, 11) is 0. The van der Waals surface area contributed by atoms with Gasteiger partial charge in [0.05, 0.1) is 0 Å². The van der Waals surface area contributed by atoms with Gasteiger partial charge in [-0.15, -0.1) is 0 Å². The van der Waals surface area contributed by atoms with E-state index < -0.39 is 0 Å². The van der Waals surface area contributed by atoms with E-state index in [1.807, 2.05) is 11.8 Å². The van der Waals surface area contributed by atoms with Crippen molar-refractivity contribution in [2.24, 2.45) is 0 Å². The molecule has 2 nitrogen and oxygen atoms in total. The Hall–Kier alpha value is 0.0400. The Morgan fingerprint density at radius 2 is 2.00 bits per heavy atom. The van der Waals surface area contributed by atoms with E-state index in [9.17, 15) is 0 Å². The number of hydrogen-bond acceptors (Lipinski definition) is 2. The van der Waals surface area contributed by atoms with Crippen molar-refractivity contribution in [1.82, 2.24) is 10.6 Å². The molecule has 0 bridgehead atoms. The number of nitrogens with one attached hydrogen (secondary N) is 2. The van der Waals surface area contributed by atoms with Gasteiger partial charge < -0.3 is 10.6 Å². The minimum absolute atomic E-state index is 0.248. The van der Waals surface area contributed by atoms with Crippen molar-refractivity contribution in [1.29, 1.82) is 0 Å². The van der Waals surface area contributed by atoms with Crippen LogP contribution in [0.5, 0.6) is 0 Å². The van der Waals surface area contributed by atoms with Gasteiger partial charge in [0.25, 0.3) is 0 Å². The molecule has 78 valence electrons. The minimum Gasteiger partial charge on any atom is -0.363 e. The molecule has 0 aromatic carbocycles. The summed E-state index contributed by atoms with van der Waals surface area (Å²) in [5, 5.41) is 7.12. The highest BCUT2D eigenvalue weighted by Gasteiger charge is 2.15. The lowest BCUT2D eigenvalue weighted by Crippen LogP contribution is -2.42. The zero-order chi connectivity index (χ0) is 10.3. The fraction of sp³-hybridized carbons (Fsp3) is 0.889. The quantitative estimate of drug-likeness (QED) is 0.692. The van der Waals surface area contributed by atoms with Gasteiger partial charge in [0.2, 0.25) is 0 Å². The van der Waals surface area contributed by atoms with Crippen LogP contribution in [0.25, 0.3) is 0 Å². The second-order valence-corrected chi connectivity index (χ2v) is 5.49. The number of thioether (sulfide) groups is 1. The molecule has 0 aliphatic carbocycles. The molecule has 4 heteroatoms. The van der Waals surface area contributed by atoms with Crippen molar-refractivity contribution in [3.8, 4) is 0 Å². The average molecular weight is 220 g/mol. The first-order valence-electron chi connectivity index (χ1n) is 4.58. The lowest BCUT2D eigenvalue weighted by molar-refractivity contribution is 0.669. The van der Waals surface area contributed by atoms with Crippen molar-refractivity contribution >= 4 is 29.1 Å². The molecule has 0 saturated carbocycles. The Morgan fingerprint density at radius 3 is 2.46 bits per heavy atom. The van der Waals surface area contributed by atoms with Crippen molar-refractivity contribution < 1.29 is 0 Å². The first-order valence-corrected chi connectivity index (χ1v) is 6.22. The van der Waals surface area contributed by atoms with E-state index in [1.165, 1.54) is 0 Å². The molecule has 0 unspecified atom stereocenters. The third-order valence-corrected chi connectivity index (χ3v) is 3.30. The Morgan fingerprint density at radius 1 is 1.38 bits per heavy atom. The molecular weight excluding hydrogens is 200 g/mol. The van der Waals surface area contributed by atoms with Crippen LogP contribution in [0.1, 0.15) is 27.2 Å². The molecule has 0 spiro atoms. The van der Waals surface area contributed by atoms with Gasteiger partial charge in [-0.3, -0.25) is 0 Å². The smallest absolute Gasteiger partial charge is 0.166 e. The van der Waals surface area contributed by atoms with Crippen LogP contribution in [0.4, 0.5) is 0 Å².